The Morgan fingerprint density at radius 1 is 1.10 bits per heavy atom. The second-order valence-corrected chi connectivity index (χ2v) is 13.3. The van der Waals surface area contributed by atoms with Gasteiger partial charge in [0.25, 0.3) is 0 Å². The highest BCUT2D eigenvalue weighted by Gasteiger charge is 2.69. The maximum atomic E-state index is 14.2. The molecule has 4 aliphatic rings. The zero-order valence-corrected chi connectivity index (χ0v) is 24.9. The number of aromatic hydroxyl groups is 1. The van der Waals surface area contributed by atoms with E-state index in [0.29, 0.717) is 23.6 Å². The molecule has 1 aromatic carbocycles. The van der Waals surface area contributed by atoms with Gasteiger partial charge in [0.2, 0.25) is 5.91 Å². The van der Waals surface area contributed by atoms with Gasteiger partial charge in [0.15, 0.2) is 23.0 Å². The van der Waals surface area contributed by atoms with E-state index < -0.39 is 64.7 Å². The number of carbonyl (C=O) groups is 4. The Morgan fingerprint density at radius 2 is 1.76 bits per heavy atom. The van der Waals surface area contributed by atoms with Crippen LogP contribution in [0.15, 0.2) is 6.07 Å². The molecule has 0 aliphatic heterocycles. The summed E-state index contributed by atoms with van der Waals surface area (Å²) in [6.07, 6.45) is 4.88. The van der Waals surface area contributed by atoms with Crippen molar-refractivity contribution < 1.29 is 34.5 Å². The summed E-state index contributed by atoms with van der Waals surface area (Å²) in [5.74, 6) is -8.32. The number of nitrogens with zero attached hydrogens (tertiary/aromatic N) is 2. The first-order valence-corrected chi connectivity index (χ1v) is 15.0. The first-order chi connectivity index (χ1) is 19.8. The minimum absolute atomic E-state index is 0.0474. The molecule has 4 aliphatic carbocycles. The number of fused-ring (bicyclic) bond motifs is 3. The summed E-state index contributed by atoms with van der Waals surface area (Å²) in [5, 5.41) is 37.7. The highest BCUT2D eigenvalue weighted by atomic mass is 16.3. The Balaban J connectivity index is 1.53. The number of nitrogens with two attached hydrogens (primary N) is 1. The van der Waals surface area contributed by atoms with E-state index in [1.807, 2.05) is 25.1 Å². The minimum Gasteiger partial charge on any atom is -0.507 e. The van der Waals surface area contributed by atoms with Gasteiger partial charge in [-0.2, -0.15) is 0 Å². The molecule has 7 atom stereocenters. The van der Waals surface area contributed by atoms with E-state index in [-0.39, 0.29) is 24.2 Å². The zero-order chi connectivity index (χ0) is 30.7. The number of hydrogen-bond acceptors (Lipinski definition) is 10. The molecule has 3 fully saturated rings. The summed E-state index contributed by atoms with van der Waals surface area (Å²) in [6, 6.07) is 0.955. The maximum absolute atomic E-state index is 14.2. The average Bonchev–Trinajstić information content (AvgIpc) is 2.92. The zero-order valence-electron chi connectivity index (χ0n) is 24.9. The van der Waals surface area contributed by atoms with Crippen molar-refractivity contribution in [2.24, 2.45) is 35.3 Å². The van der Waals surface area contributed by atoms with Crippen molar-refractivity contribution in [2.45, 2.75) is 69.2 Å². The molecule has 3 saturated carbocycles. The molecule has 0 bridgehead atoms. The number of hydrogen-bond donors (Lipinski definition) is 5. The second-order valence-electron chi connectivity index (χ2n) is 13.3. The predicted octanol–water partition coefficient (Wildman–Crippen LogP) is 0.395. The molecule has 1 aromatic rings. The molecule has 11 nitrogen and oxygen atoms in total. The molecule has 0 heterocycles. The monoisotopic (exact) mass is 584 g/mol. The number of anilines is 1. The Hall–Kier alpha value is -2.86. The van der Waals surface area contributed by atoms with Gasteiger partial charge in [-0.3, -0.25) is 19.2 Å². The Kier molecular flexibility index (Phi) is 8.25. The van der Waals surface area contributed by atoms with Crippen LogP contribution in [0.4, 0.5) is 5.69 Å². The van der Waals surface area contributed by atoms with Gasteiger partial charge in [0.05, 0.1) is 17.6 Å². The Labute approximate surface area is 246 Å². The fourth-order valence-corrected chi connectivity index (χ4v) is 8.26. The lowest BCUT2D eigenvalue weighted by molar-refractivity contribution is -0.190. The van der Waals surface area contributed by atoms with Gasteiger partial charge in [0.1, 0.15) is 11.7 Å². The predicted molar refractivity (Wildman–Crippen MR) is 155 cm³/mol. The number of phenols is 1. The summed E-state index contributed by atoms with van der Waals surface area (Å²) in [7, 11) is 6.98. The van der Waals surface area contributed by atoms with Crippen molar-refractivity contribution in [1.29, 1.82) is 0 Å². The molecule has 6 N–H and O–H groups in total. The van der Waals surface area contributed by atoms with E-state index in [1.165, 1.54) is 32.1 Å². The fraction of sp³-hybridized carbons (Fsp3) is 0.677. The molecule has 0 saturated heterocycles. The van der Waals surface area contributed by atoms with Gasteiger partial charge in [-0.05, 0) is 69.8 Å². The number of nitrogens with one attached hydrogen (secondary N) is 1. The molecule has 42 heavy (non-hydrogen) atoms. The number of amides is 1. The second kappa shape index (κ2) is 11.3. The van der Waals surface area contributed by atoms with Crippen LogP contribution in [0.2, 0.25) is 0 Å². The molecule has 1 amide bonds. The van der Waals surface area contributed by atoms with Crippen molar-refractivity contribution in [1.82, 2.24) is 10.2 Å². The van der Waals surface area contributed by atoms with Crippen LogP contribution in [0.1, 0.15) is 60.0 Å². The van der Waals surface area contributed by atoms with Crippen LogP contribution >= 0.6 is 0 Å². The van der Waals surface area contributed by atoms with E-state index in [4.69, 9.17) is 5.73 Å². The van der Waals surface area contributed by atoms with Crippen molar-refractivity contribution >= 4 is 28.9 Å². The normalized spacial score (nSPS) is 33.3. The van der Waals surface area contributed by atoms with Crippen LogP contribution in [0.5, 0.6) is 5.75 Å². The molecule has 3 unspecified atom stereocenters. The van der Waals surface area contributed by atoms with Crippen LogP contribution < -0.4 is 16.0 Å². The molecular formula is C31H44N4O7. The third kappa shape index (κ3) is 4.74. The lowest BCUT2D eigenvalue weighted by Crippen LogP contribution is -2.75. The lowest BCUT2D eigenvalue weighted by atomic mass is 9.52. The number of rotatable bonds is 7. The number of aliphatic hydroxyl groups is 2. The molecule has 0 spiro atoms. The van der Waals surface area contributed by atoms with Crippen LogP contribution in [-0.2, 0) is 27.3 Å². The number of likely N-dealkylation sites (N-methyl/N-ethyl adjacent to an activating group) is 1. The van der Waals surface area contributed by atoms with Crippen molar-refractivity contribution in [3.63, 3.8) is 0 Å². The van der Waals surface area contributed by atoms with Crippen molar-refractivity contribution in [3.8, 4) is 5.75 Å². The molecule has 5 rings (SSSR count). The summed E-state index contributed by atoms with van der Waals surface area (Å²) >= 11 is 0. The number of carbonyl (C=O) groups excluding carboxylic acids is 4. The number of aliphatic hydroxyl groups excluding tert-OH is 1. The van der Waals surface area contributed by atoms with E-state index in [1.54, 1.807) is 19.0 Å². The smallest absolute Gasteiger partial charge is 0.230 e. The molecule has 0 radical (unpaired) electrons. The Bertz CT molecular complexity index is 1290. The van der Waals surface area contributed by atoms with Crippen molar-refractivity contribution in [2.75, 3.05) is 39.6 Å². The molecule has 0 aromatic heterocycles. The van der Waals surface area contributed by atoms with Crippen LogP contribution in [0, 0.1) is 29.6 Å². The highest BCUT2D eigenvalue weighted by Crippen LogP contribution is 2.52. The number of phenolic OH excluding ortho intramolecular Hbond substituents is 1. The maximum Gasteiger partial charge on any atom is 0.230 e. The minimum atomic E-state index is -2.67. The largest absolute Gasteiger partial charge is 0.507 e. The van der Waals surface area contributed by atoms with Crippen LogP contribution in [-0.4, -0.2) is 96.0 Å². The lowest BCUT2D eigenvalue weighted by Gasteiger charge is -2.55. The molecular weight excluding hydrogens is 540 g/mol. The van der Waals surface area contributed by atoms with Gasteiger partial charge < -0.3 is 36.2 Å². The number of benzene rings is 1. The fourth-order valence-electron chi connectivity index (χ4n) is 8.26. The van der Waals surface area contributed by atoms with Crippen LogP contribution in [0.3, 0.4) is 0 Å². The van der Waals surface area contributed by atoms with E-state index in [2.05, 4.69) is 5.32 Å². The van der Waals surface area contributed by atoms with Gasteiger partial charge in [-0.1, -0.05) is 19.3 Å². The Morgan fingerprint density at radius 3 is 2.36 bits per heavy atom. The number of Topliss-reactive ketones (excluding diaryl/α,β-unsaturated/α-hetero) is 3. The average molecular weight is 585 g/mol. The SMILES string of the molecule is CN(C)c1cc(CNCC2CCCCC2)c(O)c2c1C[C@@H]1C[C@@H]3[C@@H](N(C)C)C(O)C(C(N)=O)C(=O)[C@]3(O)C(=O)C1C2=O. The van der Waals surface area contributed by atoms with Gasteiger partial charge >= 0.3 is 0 Å². The first-order valence-electron chi connectivity index (χ1n) is 15.0. The molecule has 230 valence electrons. The number of primary amides is 1. The van der Waals surface area contributed by atoms with Crippen molar-refractivity contribution in [3.05, 3.63) is 22.8 Å². The third-order valence-corrected chi connectivity index (χ3v) is 10.3. The topological polar surface area (TPSA) is 173 Å². The summed E-state index contributed by atoms with van der Waals surface area (Å²) < 4.78 is 0. The summed E-state index contributed by atoms with van der Waals surface area (Å²) in [6.45, 7) is 1.15. The highest BCUT2D eigenvalue weighted by molar-refractivity contribution is 6.25. The van der Waals surface area contributed by atoms with E-state index >= 15 is 0 Å². The first kappa shape index (κ1) is 30.6. The standard InChI is InChI=1S/C31H44N4O7/c1-34(2)20-12-17(14-33-13-15-8-6-5-7-9-15)25(36)22-18(20)10-16-11-19-24(35(3)4)27(38)23(30(32)41)29(40)31(19,42)28(39)21(16)26(22)37/h12,15-16,19,21,23-24,27,33,36,38,42H,5-11,13-14H2,1-4H3,(H2,32,41)/t16-,19-,21?,23?,24-,27?,31-/m1/s1. The molecule has 11 heteroatoms. The van der Waals surface area contributed by atoms with Crippen LogP contribution in [0.25, 0.3) is 0 Å². The van der Waals surface area contributed by atoms with E-state index in [9.17, 15) is 34.5 Å². The quantitative estimate of drug-likeness (QED) is 0.282. The van der Waals surface area contributed by atoms with Gasteiger partial charge in [-0.25, -0.2) is 0 Å². The van der Waals surface area contributed by atoms with Gasteiger partial charge in [0, 0.05) is 43.9 Å². The summed E-state index contributed by atoms with van der Waals surface area (Å²) in [5.41, 5.74) is 4.76. The summed E-state index contributed by atoms with van der Waals surface area (Å²) in [4.78, 5) is 57.5. The van der Waals surface area contributed by atoms with E-state index in [0.717, 1.165) is 12.2 Å². The number of ketones is 3. The third-order valence-electron chi connectivity index (χ3n) is 10.3. The van der Waals surface area contributed by atoms with Gasteiger partial charge in [-0.15, -0.1) is 0 Å².